The molecule has 3 atom stereocenters. The Balaban J connectivity index is 2.26. The lowest BCUT2D eigenvalue weighted by Gasteiger charge is -2.27. The number of amides is 1. The molecule has 164 valence electrons. The van der Waals surface area contributed by atoms with E-state index in [1.807, 2.05) is 13.0 Å². The van der Waals surface area contributed by atoms with E-state index in [1.165, 1.54) is 13.0 Å². The van der Waals surface area contributed by atoms with Crippen molar-refractivity contribution in [1.82, 2.24) is 5.32 Å². The Morgan fingerprint density at radius 1 is 1.23 bits per heavy atom. The SMILES string of the molecule is CCCCc1cc(=O)oc2c(C)c(O[C@@H](C)C(=O)N[C@H](C(=O)[O-])[C@@H](C)CC)ccc12. The first-order valence-corrected chi connectivity index (χ1v) is 10.4. The molecule has 7 nitrogen and oxygen atoms in total. The molecule has 1 N–H and O–H groups in total. The second kappa shape index (κ2) is 10.3. The molecule has 0 radical (unpaired) electrons. The highest BCUT2D eigenvalue weighted by atomic mass is 16.5. The molecule has 0 aliphatic carbocycles. The molecule has 30 heavy (non-hydrogen) atoms. The largest absolute Gasteiger partial charge is 0.548 e. The molecule has 7 heteroatoms. The molecular weight excluding hydrogens is 386 g/mol. The van der Waals surface area contributed by atoms with E-state index in [4.69, 9.17) is 9.15 Å². The molecule has 0 fully saturated rings. The van der Waals surface area contributed by atoms with Crippen molar-refractivity contribution in [2.24, 2.45) is 5.92 Å². The number of hydrogen-bond acceptors (Lipinski definition) is 6. The van der Waals surface area contributed by atoms with Gasteiger partial charge in [0.1, 0.15) is 11.3 Å². The highest BCUT2D eigenvalue weighted by Gasteiger charge is 2.24. The van der Waals surface area contributed by atoms with Gasteiger partial charge in [-0.15, -0.1) is 0 Å². The van der Waals surface area contributed by atoms with Crippen molar-refractivity contribution in [1.29, 1.82) is 0 Å². The smallest absolute Gasteiger partial charge is 0.336 e. The predicted octanol–water partition coefficient (Wildman–Crippen LogP) is 2.49. The van der Waals surface area contributed by atoms with Crippen LogP contribution in [-0.4, -0.2) is 24.0 Å². The maximum atomic E-state index is 12.5. The third kappa shape index (κ3) is 5.40. The quantitative estimate of drug-likeness (QED) is 0.596. The minimum Gasteiger partial charge on any atom is -0.548 e. The number of aryl methyl sites for hydroxylation is 2. The van der Waals surface area contributed by atoms with Crippen molar-refractivity contribution in [2.75, 3.05) is 0 Å². The monoisotopic (exact) mass is 416 g/mol. The molecule has 0 saturated carbocycles. The zero-order valence-electron chi connectivity index (χ0n) is 18.2. The van der Waals surface area contributed by atoms with Crippen LogP contribution in [0.15, 0.2) is 27.4 Å². The lowest BCUT2D eigenvalue weighted by atomic mass is 9.99. The molecule has 0 aliphatic rings. The second-order valence-electron chi connectivity index (χ2n) is 7.71. The lowest BCUT2D eigenvalue weighted by molar-refractivity contribution is -0.309. The van der Waals surface area contributed by atoms with Crippen LogP contribution in [-0.2, 0) is 16.0 Å². The van der Waals surface area contributed by atoms with Crippen LogP contribution in [0.1, 0.15) is 58.1 Å². The van der Waals surface area contributed by atoms with Crippen LogP contribution in [0, 0.1) is 12.8 Å². The van der Waals surface area contributed by atoms with E-state index in [0.717, 1.165) is 30.2 Å². The number of benzene rings is 1. The summed E-state index contributed by atoms with van der Waals surface area (Å²) < 4.78 is 11.2. The Morgan fingerprint density at radius 3 is 2.53 bits per heavy atom. The van der Waals surface area contributed by atoms with Crippen LogP contribution in [0.25, 0.3) is 11.0 Å². The van der Waals surface area contributed by atoms with Gasteiger partial charge in [-0.05, 0) is 50.3 Å². The maximum Gasteiger partial charge on any atom is 0.336 e. The minimum atomic E-state index is -1.33. The van der Waals surface area contributed by atoms with E-state index >= 15 is 0 Å². The number of carboxylic acids is 1. The Bertz CT molecular complexity index is 964. The van der Waals surface area contributed by atoms with Gasteiger partial charge in [0.2, 0.25) is 0 Å². The van der Waals surface area contributed by atoms with Gasteiger partial charge in [-0.1, -0.05) is 33.6 Å². The van der Waals surface area contributed by atoms with Crippen LogP contribution < -0.4 is 20.8 Å². The van der Waals surface area contributed by atoms with Gasteiger partial charge in [0.25, 0.3) is 5.91 Å². The predicted molar refractivity (Wildman–Crippen MR) is 112 cm³/mol. The average molecular weight is 416 g/mol. The number of carbonyl (C=O) groups is 2. The van der Waals surface area contributed by atoms with Crippen LogP contribution in [0.2, 0.25) is 0 Å². The molecular formula is C23H30NO6-. The van der Waals surface area contributed by atoms with E-state index < -0.39 is 29.6 Å². The molecule has 0 spiro atoms. The molecule has 2 rings (SSSR count). The van der Waals surface area contributed by atoms with Crippen molar-refractivity contribution < 1.29 is 23.8 Å². The van der Waals surface area contributed by atoms with Gasteiger partial charge >= 0.3 is 5.63 Å². The van der Waals surface area contributed by atoms with Gasteiger partial charge in [-0.2, -0.15) is 0 Å². The Hall–Kier alpha value is -2.83. The molecule has 1 amide bonds. The summed E-state index contributed by atoms with van der Waals surface area (Å²) >= 11 is 0. The number of carboxylic acid groups (broad SMARTS) is 1. The molecule has 1 aromatic heterocycles. The summed E-state index contributed by atoms with van der Waals surface area (Å²) in [5.74, 6) is -1.76. The van der Waals surface area contributed by atoms with Crippen molar-refractivity contribution in [3.05, 3.63) is 39.7 Å². The van der Waals surface area contributed by atoms with Gasteiger partial charge in [-0.3, -0.25) is 4.79 Å². The molecule has 1 aromatic carbocycles. The van der Waals surface area contributed by atoms with Gasteiger partial charge in [0.15, 0.2) is 6.10 Å². The zero-order chi connectivity index (χ0) is 22.4. The fourth-order valence-corrected chi connectivity index (χ4v) is 3.29. The number of rotatable bonds is 10. The molecule has 0 unspecified atom stereocenters. The first kappa shape index (κ1) is 23.4. The lowest BCUT2D eigenvalue weighted by Crippen LogP contribution is -2.54. The van der Waals surface area contributed by atoms with E-state index in [1.54, 1.807) is 19.9 Å². The first-order valence-electron chi connectivity index (χ1n) is 10.4. The maximum absolute atomic E-state index is 12.5. The molecule has 0 aliphatic heterocycles. The van der Waals surface area contributed by atoms with E-state index in [2.05, 4.69) is 12.2 Å². The highest BCUT2D eigenvalue weighted by Crippen LogP contribution is 2.29. The average Bonchev–Trinajstić information content (AvgIpc) is 2.71. The van der Waals surface area contributed by atoms with Crippen molar-refractivity contribution in [3.63, 3.8) is 0 Å². The third-order valence-electron chi connectivity index (χ3n) is 5.43. The minimum absolute atomic E-state index is 0.274. The van der Waals surface area contributed by atoms with Crippen LogP contribution >= 0.6 is 0 Å². The Labute approximate surface area is 176 Å². The van der Waals surface area contributed by atoms with E-state index in [9.17, 15) is 19.5 Å². The van der Waals surface area contributed by atoms with Crippen molar-refractivity contribution in [2.45, 2.75) is 72.4 Å². The van der Waals surface area contributed by atoms with Crippen LogP contribution in [0.3, 0.4) is 0 Å². The topological polar surface area (TPSA) is 109 Å². The summed E-state index contributed by atoms with van der Waals surface area (Å²) in [7, 11) is 0. The number of ether oxygens (including phenoxy) is 1. The van der Waals surface area contributed by atoms with Gasteiger partial charge in [0.05, 0.1) is 12.0 Å². The van der Waals surface area contributed by atoms with Crippen LogP contribution in [0.5, 0.6) is 5.75 Å². The summed E-state index contributed by atoms with van der Waals surface area (Å²) in [6.07, 6.45) is 2.39. The molecule has 0 bridgehead atoms. The number of aliphatic carboxylic acids is 1. The summed E-state index contributed by atoms with van der Waals surface area (Å²) in [6, 6.07) is 3.98. The normalized spacial score (nSPS) is 14.2. The first-order chi connectivity index (χ1) is 14.2. The van der Waals surface area contributed by atoms with E-state index in [-0.39, 0.29) is 5.92 Å². The van der Waals surface area contributed by atoms with Crippen molar-refractivity contribution in [3.8, 4) is 5.75 Å². The fraction of sp³-hybridized carbons (Fsp3) is 0.522. The molecule has 1 heterocycles. The van der Waals surface area contributed by atoms with Crippen LogP contribution in [0.4, 0.5) is 0 Å². The summed E-state index contributed by atoms with van der Waals surface area (Å²) in [5, 5.41) is 14.7. The summed E-state index contributed by atoms with van der Waals surface area (Å²) in [4.78, 5) is 35.8. The van der Waals surface area contributed by atoms with E-state index in [0.29, 0.717) is 23.3 Å². The van der Waals surface area contributed by atoms with Crippen molar-refractivity contribution >= 4 is 22.8 Å². The Kier molecular flexibility index (Phi) is 8.03. The highest BCUT2D eigenvalue weighted by molar-refractivity contribution is 5.87. The third-order valence-corrected chi connectivity index (χ3v) is 5.43. The molecule has 0 saturated heterocycles. The van der Waals surface area contributed by atoms with Gasteiger partial charge < -0.3 is 24.4 Å². The zero-order valence-corrected chi connectivity index (χ0v) is 18.2. The van der Waals surface area contributed by atoms with Gasteiger partial charge in [0, 0.05) is 17.0 Å². The number of nitrogens with one attached hydrogen (secondary N) is 1. The van der Waals surface area contributed by atoms with Gasteiger partial charge in [-0.25, -0.2) is 4.79 Å². The Morgan fingerprint density at radius 2 is 1.93 bits per heavy atom. The second-order valence-corrected chi connectivity index (χ2v) is 7.71. The summed E-state index contributed by atoms with van der Waals surface area (Å²) in [6.45, 7) is 8.96. The fourth-order valence-electron chi connectivity index (χ4n) is 3.29. The number of hydrogen-bond donors (Lipinski definition) is 1. The number of fused-ring (bicyclic) bond motifs is 1. The summed E-state index contributed by atoms with van der Waals surface area (Å²) in [5.41, 5.74) is 1.55. The standard InChI is InChI=1S/C23H31NO6/c1-6-8-9-16-12-19(25)30-21-14(4)18(11-10-17(16)21)29-15(5)22(26)24-20(23(27)28)13(3)7-2/h10-13,15,20H,6-9H2,1-5H3,(H,24,26)(H,27,28)/p-1/t13-,15-,20-/m0/s1. The molecule has 2 aromatic rings. The number of unbranched alkanes of at least 4 members (excludes halogenated alkanes) is 1. The number of carbonyl (C=O) groups excluding carboxylic acids is 2.